The number of benzene rings is 2. The highest BCUT2D eigenvalue weighted by molar-refractivity contribution is 5.69. The SMILES string of the molecule is C=Cc1ccc(-c2ccc(/C=C/C(=C)/C=C\C(=C)C(=C)/C(F)=C(/F)C(=C)OCC)c(F)c2F)cc1. The molecule has 180 valence electrons. The molecule has 0 bridgehead atoms. The second-order valence-corrected chi connectivity index (χ2v) is 7.39. The van der Waals surface area contributed by atoms with E-state index in [2.05, 4.69) is 32.9 Å². The molecular formula is C30H26F4O. The van der Waals surface area contributed by atoms with E-state index in [0.717, 1.165) is 5.56 Å². The van der Waals surface area contributed by atoms with Gasteiger partial charge in [-0.2, -0.15) is 4.39 Å². The minimum atomic E-state index is -1.26. The van der Waals surface area contributed by atoms with Crippen molar-refractivity contribution >= 4 is 12.2 Å². The summed E-state index contributed by atoms with van der Waals surface area (Å²) >= 11 is 0. The smallest absolute Gasteiger partial charge is 0.200 e. The number of halogens is 4. The predicted octanol–water partition coefficient (Wildman–Crippen LogP) is 9.21. The molecule has 2 aromatic rings. The van der Waals surface area contributed by atoms with Gasteiger partial charge in [-0.25, -0.2) is 13.2 Å². The van der Waals surface area contributed by atoms with E-state index in [0.29, 0.717) is 11.1 Å². The molecule has 0 fully saturated rings. The van der Waals surface area contributed by atoms with Gasteiger partial charge in [-0.05, 0) is 29.2 Å². The lowest BCUT2D eigenvalue weighted by Gasteiger charge is -2.08. The zero-order valence-electron chi connectivity index (χ0n) is 19.5. The van der Waals surface area contributed by atoms with E-state index in [1.54, 1.807) is 37.3 Å². The second kappa shape index (κ2) is 12.4. The molecule has 0 unspecified atom stereocenters. The van der Waals surface area contributed by atoms with Gasteiger partial charge in [0, 0.05) is 16.7 Å². The van der Waals surface area contributed by atoms with Crippen molar-refractivity contribution in [2.45, 2.75) is 6.92 Å². The van der Waals surface area contributed by atoms with E-state index in [9.17, 15) is 17.6 Å². The molecule has 0 spiro atoms. The summed E-state index contributed by atoms with van der Waals surface area (Å²) in [7, 11) is 0. The maximum Gasteiger partial charge on any atom is 0.200 e. The van der Waals surface area contributed by atoms with Gasteiger partial charge < -0.3 is 4.74 Å². The highest BCUT2D eigenvalue weighted by Crippen LogP contribution is 2.29. The zero-order chi connectivity index (χ0) is 26.1. The Morgan fingerprint density at radius 2 is 1.51 bits per heavy atom. The Hall–Kier alpha value is -4.12. The summed E-state index contributed by atoms with van der Waals surface area (Å²) in [5, 5.41) is 0. The van der Waals surface area contributed by atoms with E-state index in [-0.39, 0.29) is 28.9 Å². The topological polar surface area (TPSA) is 9.23 Å². The summed E-state index contributed by atoms with van der Waals surface area (Å²) in [6.07, 6.45) is 7.30. The Morgan fingerprint density at radius 3 is 2.11 bits per heavy atom. The van der Waals surface area contributed by atoms with Gasteiger partial charge in [0.1, 0.15) is 0 Å². The number of hydrogen-bond acceptors (Lipinski definition) is 1. The minimum Gasteiger partial charge on any atom is -0.491 e. The molecule has 0 atom stereocenters. The normalized spacial score (nSPS) is 11.9. The first-order valence-corrected chi connectivity index (χ1v) is 10.6. The molecule has 0 heterocycles. The first-order chi connectivity index (χ1) is 16.6. The van der Waals surface area contributed by atoms with Crippen molar-refractivity contribution in [3.63, 3.8) is 0 Å². The molecule has 0 saturated heterocycles. The van der Waals surface area contributed by atoms with Crippen LogP contribution in [0.2, 0.25) is 0 Å². The highest BCUT2D eigenvalue weighted by atomic mass is 19.2. The lowest BCUT2D eigenvalue weighted by molar-refractivity contribution is 0.224. The van der Waals surface area contributed by atoms with Crippen LogP contribution in [0.4, 0.5) is 17.6 Å². The Bertz CT molecular complexity index is 1260. The Labute approximate surface area is 203 Å². The largest absolute Gasteiger partial charge is 0.491 e. The quantitative estimate of drug-likeness (QED) is 0.178. The van der Waals surface area contributed by atoms with Crippen LogP contribution < -0.4 is 0 Å². The summed E-state index contributed by atoms with van der Waals surface area (Å²) in [4.78, 5) is 0. The Kier molecular flexibility index (Phi) is 9.59. The molecule has 2 aromatic carbocycles. The van der Waals surface area contributed by atoms with Crippen LogP contribution in [0.3, 0.4) is 0 Å². The van der Waals surface area contributed by atoms with Crippen LogP contribution in [0.15, 0.2) is 122 Å². The molecule has 5 heteroatoms. The van der Waals surface area contributed by atoms with Gasteiger partial charge in [-0.15, -0.1) is 0 Å². The molecule has 0 amide bonds. The number of rotatable bonds is 11. The van der Waals surface area contributed by atoms with Gasteiger partial charge in [0.05, 0.1) is 6.61 Å². The predicted molar refractivity (Wildman–Crippen MR) is 137 cm³/mol. The molecule has 0 aliphatic carbocycles. The standard InChI is InChI=1S/C30H26F4O/c1-7-23-12-15-24(16-13-23)26-18-17-25(29(33)30(26)34)14-10-19(3)9-11-20(4)21(5)27(31)28(32)22(6)35-8-2/h7,9-18H,1,3-6,8H2,2H3/b11-9-,14-10+,28-27-. The molecule has 0 aliphatic heterocycles. The zero-order valence-corrected chi connectivity index (χ0v) is 19.5. The van der Waals surface area contributed by atoms with Gasteiger partial charge in [0.25, 0.3) is 0 Å². The fraction of sp³-hybridized carbons (Fsp3) is 0.0667. The summed E-state index contributed by atoms with van der Waals surface area (Å²) in [6, 6.07) is 9.85. The lowest BCUT2D eigenvalue weighted by Crippen LogP contribution is -1.95. The monoisotopic (exact) mass is 478 g/mol. The molecule has 2 rings (SSSR count). The third-order valence-electron chi connectivity index (χ3n) is 4.95. The van der Waals surface area contributed by atoms with E-state index in [1.165, 1.54) is 36.4 Å². The molecule has 0 radical (unpaired) electrons. The third kappa shape index (κ3) is 6.93. The lowest BCUT2D eigenvalue weighted by atomic mass is 10.0. The summed E-state index contributed by atoms with van der Waals surface area (Å²) < 4.78 is 62.4. The van der Waals surface area contributed by atoms with E-state index < -0.39 is 29.0 Å². The number of ether oxygens (including phenoxy) is 1. The average Bonchev–Trinajstić information content (AvgIpc) is 2.86. The van der Waals surface area contributed by atoms with Gasteiger partial charge in [0.15, 0.2) is 23.2 Å². The first-order valence-electron chi connectivity index (χ1n) is 10.6. The maximum atomic E-state index is 14.7. The van der Waals surface area contributed by atoms with Crippen LogP contribution >= 0.6 is 0 Å². The van der Waals surface area contributed by atoms with Gasteiger partial charge in [-0.1, -0.05) is 99.7 Å². The van der Waals surface area contributed by atoms with Crippen LogP contribution in [0.25, 0.3) is 23.3 Å². The van der Waals surface area contributed by atoms with Crippen molar-refractivity contribution in [1.29, 1.82) is 0 Å². The van der Waals surface area contributed by atoms with Crippen LogP contribution in [-0.4, -0.2) is 6.61 Å². The molecule has 35 heavy (non-hydrogen) atoms. The first kappa shape index (κ1) is 27.1. The fourth-order valence-electron chi connectivity index (χ4n) is 2.91. The Balaban J connectivity index is 2.13. The van der Waals surface area contributed by atoms with Crippen molar-refractivity contribution < 1.29 is 22.3 Å². The molecular weight excluding hydrogens is 452 g/mol. The van der Waals surface area contributed by atoms with Gasteiger partial charge in [-0.3, -0.25) is 0 Å². The summed E-state index contributed by atoms with van der Waals surface area (Å²) in [6.45, 7) is 19.6. The van der Waals surface area contributed by atoms with E-state index >= 15 is 0 Å². The molecule has 0 aliphatic rings. The third-order valence-corrected chi connectivity index (χ3v) is 4.95. The Morgan fingerprint density at radius 1 is 0.857 bits per heavy atom. The van der Waals surface area contributed by atoms with Crippen LogP contribution in [0, 0.1) is 11.6 Å². The molecule has 0 N–H and O–H groups in total. The number of hydrogen-bond donors (Lipinski definition) is 0. The van der Waals surface area contributed by atoms with Crippen molar-refractivity contribution in [1.82, 2.24) is 0 Å². The molecule has 1 nitrogen and oxygen atoms in total. The van der Waals surface area contributed by atoms with Crippen LogP contribution in [-0.2, 0) is 4.74 Å². The van der Waals surface area contributed by atoms with Crippen LogP contribution in [0.1, 0.15) is 18.1 Å². The molecule has 0 aromatic heterocycles. The van der Waals surface area contributed by atoms with Crippen molar-refractivity contribution in [3.05, 3.63) is 144 Å². The van der Waals surface area contributed by atoms with Crippen LogP contribution in [0.5, 0.6) is 0 Å². The van der Waals surface area contributed by atoms with Crippen molar-refractivity contribution in [2.75, 3.05) is 6.61 Å². The van der Waals surface area contributed by atoms with E-state index in [1.807, 2.05) is 0 Å². The minimum absolute atomic E-state index is 0.0252. The van der Waals surface area contributed by atoms with Crippen molar-refractivity contribution in [2.24, 2.45) is 0 Å². The maximum absolute atomic E-state index is 14.7. The summed E-state index contributed by atoms with van der Waals surface area (Å²) in [5.74, 6) is -4.91. The summed E-state index contributed by atoms with van der Waals surface area (Å²) in [5.41, 5.74) is 1.74. The average molecular weight is 479 g/mol. The highest BCUT2D eigenvalue weighted by Gasteiger charge is 2.15. The van der Waals surface area contributed by atoms with Gasteiger partial charge >= 0.3 is 0 Å². The number of allylic oxidation sites excluding steroid dienone is 8. The van der Waals surface area contributed by atoms with E-state index in [4.69, 9.17) is 4.74 Å². The molecule has 0 saturated carbocycles. The van der Waals surface area contributed by atoms with Gasteiger partial charge in [0.2, 0.25) is 5.83 Å². The second-order valence-electron chi connectivity index (χ2n) is 7.39. The van der Waals surface area contributed by atoms with Crippen molar-refractivity contribution in [3.8, 4) is 11.1 Å². The fourth-order valence-corrected chi connectivity index (χ4v) is 2.91.